The lowest BCUT2D eigenvalue weighted by Crippen LogP contribution is -2.11. The summed E-state index contributed by atoms with van der Waals surface area (Å²) in [5, 5.41) is 14.7. The number of alkyl halides is 3. The fourth-order valence-electron chi connectivity index (χ4n) is 1.32. The SMILES string of the molecule is NC(=O)c1cc(-c2nnc(C(F)(F)F)s2)ccc1O. The summed E-state index contributed by atoms with van der Waals surface area (Å²) in [5.41, 5.74) is 5.05. The summed E-state index contributed by atoms with van der Waals surface area (Å²) in [7, 11) is 0. The topological polar surface area (TPSA) is 89.1 Å². The molecule has 1 heterocycles. The van der Waals surface area contributed by atoms with Gasteiger partial charge in [0.15, 0.2) is 0 Å². The molecule has 5 nitrogen and oxygen atoms in total. The van der Waals surface area contributed by atoms with Crippen molar-refractivity contribution in [3.8, 4) is 16.3 Å². The minimum Gasteiger partial charge on any atom is -0.507 e. The second-order valence-corrected chi connectivity index (χ2v) is 4.48. The largest absolute Gasteiger partial charge is 0.507 e. The summed E-state index contributed by atoms with van der Waals surface area (Å²) in [6, 6.07) is 3.64. The van der Waals surface area contributed by atoms with Crippen molar-refractivity contribution in [1.29, 1.82) is 0 Å². The maximum absolute atomic E-state index is 12.4. The number of nitrogens with two attached hydrogens (primary N) is 1. The number of primary amides is 1. The van der Waals surface area contributed by atoms with Crippen LogP contribution in [-0.4, -0.2) is 21.2 Å². The summed E-state index contributed by atoms with van der Waals surface area (Å²) in [5.74, 6) is -1.24. The Hall–Kier alpha value is -2.16. The second kappa shape index (κ2) is 4.50. The second-order valence-electron chi connectivity index (χ2n) is 3.51. The normalized spacial score (nSPS) is 11.5. The number of carbonyl (C=O) groups excluding carboxylic acids is 1. The van der Waals surface area contributed by atoms with Crippen molar-refractivity contribution >= 4 is 17.2 Å². The van der Waals surface area contributed by atoms with Gasteiger partial charge in [0.05, 0.1) is 5.56 Å². The number of nitrogens with zero attached hydrogens (tertiary/aromatic N) is 2. The van der Waals surface area contributed by atoms with E-state index in [0.29, 0.717) is 11.3 Å². The van der Waals surface area contributed by atoms with Gasteiger partial charge in [-0.25, -0.2) is 0 Å². The van der Waals surface area contributed by atoms with Crippen molar-refractivity contribution < 1.29 is 23.1 Å². The molecule has 3 N–H and O–H groups in total. The Bertz CT molecular complexity index is 639. The highest BCUT2D eigenvalue weighted by atomic mass is 32.1. The van der Waals surface area contributed by atoms with E-state index in [1.54, 1.807) is 0 Å². The maximum Gasteiger partial charge on any atom is 0.445 e. The summed E-state index contributed by atoms with van der Waals surface area (Å²) < 4.78 is 37.1. The highest BCUT2D eigenvalue weighted by Gasteiger charge is 2.35. The first-order valence-electron chi connectivity index (χ1n) is 4.83. The maximum atomic E-state index is 12.4. The Morgan fingerprint density at radius 3 is 2.53 bits per heavy atom. The Labute approximate surface area is 108 Å². The van der Waals surface area contributed by atoms with Gasteiger partial charge in [-0.1, -0.05) is 11.3 Å². The van der Waals surface area contributed by atoms with Gasteiger partial charge in [-0.2, -0.15) is 13.2 Å². The van der Waals surface area contributed by atoms with Gasteiger partial charge in [0.1, 0.15) is 10.8 Å². The van der Waals surface area contributed by atoms with Crippen LogP contribution >= 0.6 is 11.3 Å². The van der Waals surface area contributed by atoms with Crippen LogP contribution < -0.4 is 5.73 Å². The van der Waals surface area contributed by atoms with E-state index in [9.17, 15) is 23.1 Å². The molecule has 1 aromatic heterocycles. The Morgan fingerprint density at radius 1 is 1.32 bits per heavy atom. The van der Waals surface area contributed by atoms with Gasteiger partial charge >= 0.3 is 6.18 Å². The van der Waals surface area contributed by atoms with Gasteiger partial charge < -0.3 is 10.8 Å². The number of aromatic hydroxyl groups is 1. The number of hydrogen-bond donors (Lipinski definition) is 2. The van der Waals surface area contributed by atoms with E-state index >= 15 is 0 Å². The zero-order chi connectivity index (χ0) is 14.2. The lowest BCUT2D eigenvalue weighted by atomic mass is 10.1. The molecule has 0 fully saturated rings. The number of rotatable bonds is 2. The average molecular weight is 289 g/mol. The Kier molecular flexibility index (Phi) is 3.14. The van der Waals surface area contributed by atoms with E-state index in [0.717, 1.165) is 6.07 Å². The van der Waals surface area contributed by atoms with E-state index in [1.807, 2.05) is 0 Å². The Balaban J connectivity index is 2.45. The molecular formula is C10H6F3N3O2S. The van der Waals surface area contributed by atoms with Crippen LogP contribution in [-0.2, 0) is 6.18 Å². The lowest BCUT2D eigenvalue weighted by Gasteiger charge is -2.02. The Morgan fingerprint density at radius 2 is 2.00 bits per heavy atom. The molecule has 19 heavy (non-hydrogen) atoms. The summed E-state index contributed by atoms with van der Waals surface area (Å²) in [6.45, 7) is 0. The van der Waals surface area contributed by atoms with Gasteiger partial charge in [-0.15, -0.1) is 10.2 Å². The molecule has 2 rings (SSSR count). The van der Waals surface area contributed by atoms with Crippen LogP contribution in [0.15, 0.2) is 18.2 Å². The highest BCUT2D eigenvalue weighted by Crippen LogP contribution is 2.35. The number of phenols is 1. The summed E-state index contributed by atoms with van der Waals surface area (Å²) in [6.07, 6.45) is -4.57. The molecule has 2 aromatic rings. The van der Waals surface area contributed by atoms with Crippen LogP contribution in [0.1, 0.15) is 15.4 Å². The van der Waals surface area contributed by atoms with Crippen LogP contribution in [0.2, 0.25) is 0 Å². The standard InChI is InChI=1S/C10H6F3N3O2S/c11-10(12,13)9-16-15-8(19-9)4-1-2-6(17)5(3-4)7(14)18/h1-3,17H,(H2,14,18). The van der Waals surface area contributed by atoms with Gasteiger partial charge in [0, 0.05) is 5.56 Å². The minimum absolute atomic E-state index is 0.0187. The molecule has 0 spiro atoms. The van der Waals surface area contributed by atoms with E-state index in [2.05, 4.69) is 10.2 Å². The monoisotopic (exact) mass is 289 g/mol. The molecule has 9 heteroatoms. The van der Waals surface area contributed by atoms with Crippen LogP contribution in [0.3, 0.4) is 0 Å². The molecule has 1 aromatic carbocycles. The molecule has 0 aliphatic heterocycles. The third kappa shape index (κ3) is 2.65. The molecule has 0 unspecified atom stereocenters. The van der Waals surface area contributed by atoms with Gasteiger partial charge in [0.25, 0.3) is 5.91 Å². The average Bonchev–Trinajstić information content (AvgIpc) is 2.78. The van der Waals surface area contributed by atoms with Crippen molar-refractivity contribution in [1.82, 2.24) is 10.2 Å². The fraction of sp³-hybridized carbons (Fsp3) is 0.100. The summed E-state index contributed by atoms with van der Waals surface area (Å²) >= 11 is 0.338. The molecule has 0 bridgehead atoms. The molecule has 0 aliphatic rings. The molecule has 100 valence electrons. The van der Waals surface area contributed by atoms with Crippen LogP contribution in [0, 0.1) is 0 Å². The van der Waals surface area contributed by atoms with Crippen molar-refractivity contribution in [3.63, 3.8) is 0 Å². The quantitative estimate of drug-likeness (QED) is 0.885. The van der Waals surface area contributed by atoms with Crippen LogP contribution in [0.5, 0.6) is 5.75 Å². The van der Waals surface area contributed by atoms with Gasteiger partial charge in [-0.3, -0.25) is 4.79 Å². The third-order valence-corrected chi connectivity index (χ3v) is 3.19. The minimum atomic E-state index is -4.57. The van der Waals surface area contributed by atoms with Gasteiger partial charge in [0.2, 0.25) is 5.01 Å². The van der Waals surface area contributed by atoms with Crippen molar-refractivity contribution in [3.05, 3.63) is 28.8 Å². The molecule has 0 saturated heterocycles. The van der Waals surface area contributed by atoms with Crippen molar-refractivity contribution in [2.45, 2.75) is 6.18 Å². The number of carbonyl (C=O) groups is 1. The third-order valence-electron chi connectivity index (χ3n) is 2.18. The number of benzene rings is 1. The molecule has 0 saturated carbocycles. The number of aromatic nitrogens is 2. The zero-order valence-corrected chi connectivity index (χ0v) is 9.92. The fourth-order valence-corrected chi connectivity index (χ4v) is 2.03. The first kappa shape index (κ1) is 13.3. The smallest absolute Gasteiger partial charge is 0.445 e. The predicted octanol–water partition coefficient (Wildman–Crippen LogP) is 2.03. The van der Waals surface area contributed by atoms with E-state index in [1.165, 1.54) is 12.1 Å². The molecule has 0 aliphatic carbocycles. The number of halogens is 3. The molecule has 0 radical (unpaired) electrons. The predicted molar refractivity (Wildman–Crippen MR) is 60.5 cm³/mol. The van der Waals surface area contributed by atoms with E-state index in [4.69, 9.17) is 5.73 Å². The van der Waals surface area contributed by atoms with Crippen LogP contribution in [0.4, 0.5) is 13.2 Å². The van der Waals surface area contributed by atoms with E-state index in [-0.39, 0.29) is 21.9 Å². The highest BCUT2D eigenvalue weighted by molar-refractivity contribution is 7.14. The molecule has 0 atom stereocenters. The number of amides is 1. The van der Waals surface area contributed by atoms with Crippen molar-refractivity contribution in [2.75, 3.05) is 0 Å². The van der Waals surface area contributed by atoms with Gasteiger partial charge in [-0.05, 0) is 18.2 Å². The molecular weight excluding hydrogens is 283 g/mol. The van der Waals surface area contributed by atoms with Crippen molar-refractivity contribution in [2.24, 2.45) is 5.73 Å². The van der Waals surface area contributed by atoms with Crippen LogP contribution in [0.25, 0.3) is 10.6 Å². The first-order valence-corrected chi connectivity index (χ1v) is 5.64. The first-order chi connectivity index (χ1) is 8.79. The lowest BCUT2D eigenvalue weighted by molar-refractivity contribution is -0.138. The zero-order valence-electron chi connectivity index (χ0n) is 9.10. The summed E-state index contributed by atoms with van der Waals surface area (Å²) in [4.78, 5) is 11.0. The molecule has 1 amide bonds. The van der Waals surface area contributed by atoms with E-state index < -0.39 is 17.1 Å². The number of hydrogen-bond acceptors (Lipinski definition) is 5.